The summed E-state index contributed by atoms with van der Waals surface area (Å²) in [7, 11) is 0. The van der Waals surface area contributed by atoms with Gasteiger partial charge in [0.2, 0.25) is 0 Å². The molecule has 1 aliphatic heterocycles. The molecule has 2 unspecified atom stereocenters. The molecule has 94 valence electrons. The summed E-state index contributed by atoms with van der Waals surface area (Å²) in [5.74, 6) is 0.849. The highest BCUT2D eigenvalue weighted by molar-refractivity contribution is 9.10. The van der Waals surface area contributed by atoms with Crippen LogP contribution in [0.5, 0.6) is 0 Å². The van der Waals surface area contributed by atoms with Crippen molar-refractivity contribution in [2.24, 2.45) is 11.7 Å². The minimum atomic E-state index is 0.602. The molecule has 2 nitrogen and oxygen atoms in total. The molecule has 0 spiro atoms. The summed E-state index contributed by atoms with van der Waals surface area (Å²) < 4.78 is 1.13. The third-order valence-electron chi connectivity index (χ3n) is 3.65. The fraction of sp³-hybridized carbons (Fsp3) is 0.571. The van der Waals surface area contributed by atoms with E-state index in [-0.39, 0.29) is 0 Å². The van der Waals surface area contributed by atoms with Gasteiger partial charge in [0.05, 0.1) is 0 Å². The minimum Gasteiger partial charge on any atom is -0.369 e. The van der Waals surface area contributed by atoms with Crippen molar-refractivity contribution in [3.8, 4) is 0 Å². The van der Waals surface area contributed by atoms with Crippen LogP contribution in [0.15, 0.2) is 22.7 Å². The van der Waals surface area contributed by atoms with Gasteiger partial charge < -0.3 is 10.6 Å². The quantitative estimate of drug-likeness (QED) is 0.905. The van der Waals surface area contributed by atoms with E-state index in [4.69, 9.17) is 5.73 Å². The first-order valence-electron chi connectivity index (χ1n) is 6.36. The van der Waals surface area contributed by atoms with E-state index >= 15 is 0 Å². The van der Waals surface area contributed by atoms with Crippen molar-refractivity contribution in [2.45, 2.75) is 39.3 Å². The maximum absolute atomic E-state index is 5.73. The van der Waals surface area contributed by atoms with E-state index < -0.39 is 0 Å². The molecule has 2 N–H and O–H groups in total. The van der Waals surface area contributed by atoms with Gasteiger partial charge in [-0.3, -0.25) is 0 Å². The van der Waals surface area contributed by atoms with Crippen molar-refractivity contribution in [1.29, 1.82) is 0 Å². The molecule has 2 rings (SSSR count). The van der Waals surface area contributed by atoms with Crippen molar-refractivity contribution in [3.63, 3.8) is 0 Å². The zero-order chi connectivity index (χ0) is 12.4. The summed E-state index contributed by atoms with van der Waals surface area (Å²) in [5.41, 5.74) is 8.23. The highest BCUT2D eigenvalue weighted by atomic mass is 79.9. The first-order valence-corrected chi connectivity index (χ1v) is 7.15. The highest BCUT2D eigenvalue weighted by Crippen LogP contribution is 2.30. The minimum absolute atomic E-state index is 0.602. The monoisotopic (exact) mass is 296 g/mol. The van der Waals surface area contributed by atoms with E-state index in [0.29, 0.717) is 12.6 Å². The second-order valence-electron chi connectivity index (χ2n) is 5.19. The average Bonchev–Trinajstić information content (AvgIpc) is 2.28. The Balaban J connectivity index is 2.24. The molecule has 17 heavy (non-hydrogen) atoms. The summed E-state index contributed by atoms with van der Waals surface area (Å²) in [4.78, 5) is 2.50. The predicted molar refractivity (Wildman–Crippen MR) is 77.2 cm³/mol. The summed E-state index contributed by atoms with van der Waals surface area (Å²) in [6, 6.07) is 7.14. The van der Waals surface area contributed by atoms with Crippen LogP contribution in [0, 0.1) is 5.92 Å². The Labute approximate surface area is 112 Å². The molecule has 1 saturated heterocycles. The number of anilines is 1. The van der Waals surface area contributed by atoms with E-state index in [2.05, 4.69) is 52.9 Å². The molecule has 0 aromatic heterocycles. The fourth-order valence-electron chi connectivity index (χ4n) is 2.71. The lowest BCUT2D eigenvalue weighted by Crippen LogP contribution is -2.40. The van der Waals surface area contributed by atoms with Gasteiger partial charge in [-0.15, -0.1) is 0 Å². The lowest BCUT2D eigenvalue weighted by molar-refractivity contribution is 0.378. The second-order valence-corrected chi connectivity index (χ2v) is 6.11. The molecule has 3 heteroatoms. The van der Waals surface area contributed by atoms with Gasteiger partial charge in [0.15, 0.2) is 0 Å². The van der Waals surface area contributed by atoms with Gasteiger partial charge in [0.1, 0.15) is 0 Å². The van der Waals surface area contributed by atoms with Crippen LogP contribution in [0.1, 0.15) is 32.3 Å². The number of rotatable bonds is 2. The third kappa shape index (κ3) is 3.02. The van der Waals surface area contributed by atoms with E-state index in [0.717, 1.165) is 16.9 Å². The SMILES string of the molecule is CC1CCN(c2cc(Br)cc(CN)c2)C(C)C1. The molecule has 2 atom stereocenters. The Bertz CT molecular complexity index is 392. The number of benzene rings is 1. The lowest BCUT2D eigenvalue weighted by Gasteiger charge is -2.38. The van der Waals surface area contributed by atoms with Gasteiger partial charge in [-0.25, -0.2) is 0 Å². The zero-order valence-corrected chi connectivity index (χ0v) is 12.2. The Kier molecular flexibility index (Phi) is 4.10. The van der Waals surface area contributed by atoms with Gasteiger partial charge >= 0.3 is 0 Å². The van der Waals surface area contributed by atoms with Crippen molar-refractivity contribution >= 4 is 21.6 Å². The fourth-order valence-corrected chi connectivity index (χ4v) is 3.24. The molecule has 1 heterocycles. The number of nitrogens with zero attached hydrogens (tertiary/aromatic N) is 1. The van der Waals surface area contributed by atoms with Crippen LogP contribution in [0.3, 0.4) is 0 Å². The molecule has 0 amide bonds. The number of halogens is 1. The number of hydrogen-bond donors (Lipinski definition) is 1. The Hall–Kier alpha value is -0.540. The molecule has 1 aromatic rings. The van der Waals surface area contributed by atoms with Crippen molar-refractivity contribution in [1.82, 2.24) is 0 Å². The number of piperidine rings is 1. The highest BCUT2D eigenvalue weighted by Gasteiger charge is 2.23. The number of hydrogen-bond acceptors (Lipinski definition) is 2. The summed E-state index contributed by atoms with van der Waals surface area (Å²) in [6.07, 6.45) is 2.57. The van der Waals surface area contributed by atoms with Crippen molar-refractivity contribution in [3.05, 3.63) is 28.2 Å². The zero-order valence-electron chi connectivity index (χ0n) is 10.6. The van der Waals surface area contributed by atoms with E-state index in [1.165, 1.54) is 24.1 Å². The number of nitrogens with two attached hydrogens (primary N) is 1. The maximum atomic E-state index is 5.73. The smallest absolute Gasteiger partial charge is 0.0383 e. The van der Waals surface area contributed by atoms with E-state index in [1.807, 2.05) is 0 Å². The first-order chi connectivity index (χ1) is 8.10. The van der Waals surface area contributed by atoms with Crippen LogP contribution in [0.2, 0.25) is 0 Å². The predicted octanol–water partition coefficient (Wildman–Crippen LogP) is 3.53. The van der Waals surface area contributed by atoms with Gasteiger partial charge in [0, 0.05) is 29.3 Å². The largest absolute Gasteiger partial charge is 0.369 e. The van der Waals surface area contributed by atoms with Crippen molar-refractivity contribution in [2.75, 3.05) is 11.4 Å². The van der Waals surface area contributed by atoms with Gasteiger partial charge in [0.25, 0.3) is 0 Å². The molecule has 0 radical (unpaired) electrons. The molecule has 1 fully saturated rings. The summed E-state index contributed by atoms with van der Waals surface area (Å²) in [6.45, 7) is 6.42. The molecule has 0 saturated carbocycles. The normalized spacial score (nSPS) is 25.1. The summed E-state index contributed by atoms with van der Waals surface area (Å²) in [5, 5.41) is 0. The average molecular weight is 297 g/mol. The van der Waals surface area contributed by atoms with Gasteiger partial charge in [-0.1, -0.05) is 22.9 Å². The van der Waals surface area contributed by atoms with Crippen LogP contribution < -0.4 is 10.6 Å². The lowest BCUT2D eigenvalue weighted by atomic mass is 9.93. The Morgan fingerprint density at radius 2 is 2.12 bits per heavy atom. The molecule has 0 bridgehead atoms. The van der Waals surface area contributed by atoms with Crippen LogP contribution in [0.4, 0.5) is 5.69 Å². The second kappa shape index (κ2) is 5.40. The Morgan fingerprint density at radius 1 is 1.35 bits per heavy atom. The Morgan fingerprint density at radius 3 is 2.76 bits per heavy atom. The molecule has 1 aliphatic rings. The first kappa shape index (κ1) is 12.9. The van der Waals surface area contributed by atoms with E-state index in [9.17, 15) is 0 Å². The standard InChI is InChI=1S/C14H21BrN2/c1-10-3-4-17(11(2)5-10)14-7-12(9-16)6-13(15)8-14/h6-8,10-11H,3-5,9,16H2,1-2H3. The van der Waals surface area contributed by atoms with Crippen LogP contribution in [0.25, 0.3) is 0 Å². The van der Waals surface area contributed by atoms with Crippen LogP contribution >= 0.6 is 15.9 Å². The summed E-state index contributed by atoms with van der Waals surface area (Å²) >= 11 is 3.57. The van der Waals surface area contributed by atoms with Gasteiger partial charge in [-0.2, -0.15) is 0 Å². The molecule has 0 aliphatic carbocycles. The molecular formula is C14H21BrN2. The molecular weight excluding hydrogens is 276 g/mol. The van der Waals surface area contributed by atoms with Crippen LogP contribution in [-0.2, 0) is 6.54 Å². The van der Waals surface area contributed by atoms with Crippen LogP contribution in [-0.4, -0.2) is 12.6 Å². The van der Waals surface area contributed by atoms with E-state index in [1.54, 1.807) is 0 Å². The molecule has 1 aromatic carbocycles. The third-order valence-corrected chi connectivity index (χ3v) is 4.11. The van der Waals surface area contributed by atoms with Crippen molar-refractivity contribution < 1.29 is 0 Å². The topological polar surface area (TPSA) is 29.3 Å². The van der Waals surface area contributed by atoms with Gasteiger partial charge in [-0.05, 0) is 49.4 Å². The maximum Gasteiger partial charge on any atom is 0.0383 e.